The van der Waals surface area contributed by atoms with Crippen LogP contribution in [0, 0.1) is 5.41 Å². The summed E-state index contributed by atoms with van der Waals surface area (Å²) in [5.41, 5.74) is 1.16. The van der Waals surface area contributed by atoms with E-state index in [0.717, 1.165) is 6.42 Å². The number of carbonyl (C=O) groups is 2. The molecule has 0 saturated heterocycles. The number of aryl methyl sites for hydroxylation is 1. The SMILES string of the molecule is CCOc1ccccc1NC(=O)C(C)(C)C(=O)Nc1ccc(CC)cc1. The summed E-state index contributed by atoms with van der Waals surface area (Å²) in [6, 6.07) is 14.8. The molecular weight excluding hydrogens is 328 g/mol. The molecule has 0 aliphatic rings. The van der Waals surface area contributed by atoms with Crippen molar-refractivity contribution in [1.82, 2.24) is 0 Å². The van der Waals surface area contributed by atoms with Gasteiger partial charge in [0.25, 0.3) is 0 Å². The first-order chi connectivity index (χ1) is 12.4. The van der Waals surface area contributed by atoms with E-state index in [9.17, 15) is 9.59 Å². The fraction of sp³-hybridized carbons (Fsp3) is 0.333. The highest BCUT2D eigenvalue weighted by Crippen LogP contribution is 2.27. The molecule has 0 unspecified atom stereocenters. The van der Waals surface area contributed by atoms with E-state index in [1.807, 2.05) is 37.3 Å². The molecule has 0 radical (unpaired) electrons. The first-order valence-corrected chi connectivity index (χ1v) is 8.82. The highest BCUT2D eigenvalue weighted by Gasteiger charge is 2.36. The van der Waals surface area contributed by atoms with Crippen LogP contribution in [0.25, 0.3) is 0 Å². The molecular formula is C21H26N2O3. The van der Waals surface area contributed by atoms with Crippen molar-refractivity contribution in [3.05, 3.63) is 54.1 Å². The third-order valence-corrected chi connectivity index (χ3v) is 4.19. The molecule has 0 aliphatic carbocycles. The first-order valence-electron chi connectivity index (χ1n) is 8.82. The smallest absolute Gasteiger partial charge is 0.239 e. The van der Waals surface area contributed by atoms with E-state index in [-0.39, 0.29) is 5.91 Å². The lowest BCUT2D eigenvalue weighted by atomic mass is 9.90. The van der Waals surface area contributed by atoms with Crippen LogP contribution in [0.2, 0.25) is 0 Å². The zero-order chi connectivity index (χ0) is 19.2. The van der Waals surface area contributed by atoms with Gasteiger partial charge < -0.3 is 15.4 Å². The molecule has 0 aliphatic heterocycles. The topological polar surface area (TPSA) is 67.4 Å². The van der Waals surface area contributed by atoms with Gasteiger partial charge in [-0.2, -0.15) is 0 Å². The summed E-state index contributed by atoms with van der Waals surface area (Å²) in [7, 11) is 0. The Bertz CT molecular complexity index is 767. The Kier molecular flexibility index (Phi) is 6.39. The van der Waals surface area contributed by atoms with Gasteiger partial charge in [0.2, 0.25) is 11.8 Å². The normalized spacial score (nSPS) is 10.9. The van der Waals surface area contributed by atoms with Crippen LogP contribution in [-0.4, -0.2) is 18.4 Å². The molecule has 2 aromatic carbocycles. The van der Waals surface area contributed by atoms with Gasteiger partial charge in [-0.25, -0.2) is 0 Å². The van der Waals surface area contributed by atoms with Gasteiger partial charge in [0.05, 0.1) is 12.3 Å². The lowest BCUT2D eigenvalue weighted by Crippen LogP contribution is -2.41. The molecule has 0 fully saturated rings. The molecule has 0 atom stereocenters. The van der Waals surface area contributed by atoms with Crippen molar-refractivity contribution in [3.63, 3.8) is 0 Å². The molecule has 2 aromatic rings. The fourth-order valence-electron chi connectivity index (χ4n) is 2.34. The van der Waals surface area contributed by atoms with Crippen molar-refractivity contribution in [2.75, 3.05) is 17.2 Å². The maximum Gasteiger partial charge on any atom is 0.239 e. The maximum atomic E-state index is 12.7. The summed E-state index contributed by atoms with van der Waals surface area (Å²) in [6.07, 6.45) is 0.932. The monoisotopic (exact) mass is 354 g/mol. The Morgan fingerprint density at radius 3 is 2.15 bits per heavy atom. The number of benzene rings is 2. The van der Waals surface area contributed by atoms with Crippen LogP contribution in [0.15, 0.2) is 48.5 Å². The molecule has 0 aromatic heterocycles. The van der Waals surface area contributed by atoms with E-state index in [1.54, 1.807) is 32.0 Å². The van der Waals surface area contributed by atoms with Crippen LogP contribution < -0.4 is 15.4 Å². The van der Waals surface area contributed by atoms with Gasteiger partial charge in [0.15, 0.2) is 0 Å². The largest absolute Gasteiger partial charge is 0.492 e. The third-order valence-electron chi connectivity index (χ3n) is 4.19. The summed E-state index contributed by atoms with van der Waals surface area (Å²) < 4.78 is 5.51. The predicted molar refractivity (Wildman–Crippen MR) is 104 cm³/mol. The Morgan fingerprint density at radius 1 is 0.923 bits per heavy atom. The lowest BCUT2D eigenvalue weighted by Gasteiger charge is -2.23. The van der Waals surface area contributed by atoms with Crippen molar-refractivity contribution in [1.29, 1.82) is 0 Å². The van der Waals surface area contributed by atoms with Gasteiger partial charge in [-0.15, -0.1) is 0 Å². The van der Waals surface area contributed by atoms with Crippen molar-refractivity contribution >= 4 is 23.2 Å². The summed E-state index contributed by atoms with van der Waals surface area (Å²) in [5, 5.41) is 5.60. The van der Waals surface area contributed by atoms with E-state index >= 15 is 0 Å². The average molecular weight is 354 g/mol. The number of anilines is 2. The highest BCUT2D eigenvalue weighted by atomic mass is 16.5. The third kappa shape index (κ3) is 4.63. The zero-order valence-electron chi connectivity index (χ0n) is 15.8. The molecule has 26 heavy (non-hydrogen) atoms. The van der Waals surface area contributed by atoms with Crippen LogP contribution in [0.4, 0.5) is 11.4 Å². The molecule has 0 heterocycles. The van der Waals surface area contributed by atoms with Crippen LogP contribution in [-0.2, 0) is 16.0 Å². The van der Waals surface area contributed by atoms with Crippen LogP contribution in [0.3, 0.4) is 0 Å². The minimum Gasteiger partial charge on any atom is -0.492 e. The second-order valence-electron chi connectivity index (χ2n) is 6.51. The van der Waals surface area contributed by atoms with Gasteiger partial charge in [-0.3, -0.25) is 9.59 Å². The Morgan fingerprint density at radius 2 is 1.54 bits per heavy atom. The number of carbonyl (C=O) groups excluding carboxylic acids is 2. The number of rotatable bonds is 7. The first kappa shape index (κ1) is 19.5. The van der Waals surface area contributed by atoms with Gasteiger partial charge in [-0.1, -0.05) is 31.2 Å². The Labute approximate surface area is 154 Å². The van der Waals surface area contributed by atoms with Crippen molar-refractivity contribution in [2.45, 2.75) is 34.1 Å². The number of para-hydroxylation sites is 2. The molecule has 5 nitrogen and oxygen atoms in total. The van der Waals surface area contributed by atoms with Crippen molar-refractivity contribution in [2.24, 2.45) is 5.41 Å². The van der Waals surface area contributed by atoms with E-state index in [1.165, 1.54) is 5.56 Å². The molecule has 0 bridgehead atoms. The molecule has 0 spiro atoms. The summed E-state index contributed by atoms with van der Waals surface area (Å²) in [5.74, 6) is -0.185. The molecule has 0 saturated carbocycles. The van der Waals surface area contributed by atoms with Crippen molar-refractivity contribution in [3.8, 4) is 5.75 Å². The Balaban J connectivity index is 2.09. The van der Waals surface area contributed by atoms with Gasteiger partial charge in [-0.05, 0) is 57.0 Å². The number of hydrogen-bond acceptors (Lipinski definition) is 3. The summed E-state index contributed by atoms with van der Waals surface area (Å²) >= 11 is 0. The maximum absolute atomic E-state index is 12.7. The van der Waals surface area contributed by atoms with E-state index in [4.69, 9.17) is 4.74 Å². The second-order valence-corrected chi connectivity index (χ2v) is 6.51. The molecule has 2 rings (SSSR count). The zero-order valence-corrected chi connectivity index (χ0v) is 15.8. The fourth-order valence-corrected chi connectivity index (χ4v) is 2.34. The quantitative estimate of drug-likeness (QED) is 0.731. The molecule has 5 heteroatoms. The second kappa shape index (κ2) is 8.52. The Hall–Kier alpha value is -2.82. The minimum absolute atomic E-state index is 0.367. The van der Waals surface area contributed by atoms with Crippen molar-refractivity contribution < 1.29 is 14.3 Å². The minimum atomic E-state index is -1.25. The van der Waals surface area contributed by atoms with Crippen LogP contribution >= 0.6 is 0 Å². The van der Waals surface area contributed by atoms with Gasteiger partial charge >= 0.3 is 0 Å². The average Bonchev–Trinajstić information content (AvgIpc) is 2.64. The molecule has 2 amide bonds. The number of hydrogen-bond donors (Lipinski definition) is 2. The lowest BCUT2D eigenvalue weighted by molar-refractivity contribution is -0.135. The number of ether oxygens (including phenoxy) is 1. The highest BCUT2D eigenvalue weighted by molar-refractivity contribution is 6.14. The number of amides is 2. The molecule has 138 valence electrons. The summed E-state index contributed by atoms with van der Waals surface area (Å²) in [6.45, 7) is 7.63. The van der Waals surface area contributed by atoms with E-state index in [0.29, 0.717) is 23.7 Å². The van der Waals surface area contributed by atoms with Gasteiger partial charge in [0.1, 0.15) is 11.2 Å². The summed E-state index contributed by atoms with van der Waals surface area (Å²) in [4.78, 5) is 25.3. The number of nitrogens with one attached hydrogen (secondary N) is 2. The predicted octanol–water partition coefficient (Wildman–Crippen LogP) is 4.25. The van der Waals surface area contributed by atoms with Crippen LogP contribution in [0.5, 0.6) is 5.75 Å². The molecule has 2 N–H and O–H groups in total. The van der Waals surface area contributed by atoms with E-state index < -0.39 is 11.3 Å². The van der Waals surface area contributed by atoms with E-state index in [2.05, 4.69) is 17.6 Å². The van der Waals surface area contributed by atoms with Gasteiger partial charge in [0, 0.05) is 5.69 Å². The van der Waals surface area contributed by atoms with Crippen LogP contribution in [0.1, 0.15) is 33.3 Å². The standard InChI is InChI=1S/C21H26N2O3/c1-5-15-11-13-16(14-12-15)22-19(24)21(3,4)20(25)23-17-9-7-8-10-18(17)26-6-2/h7-14H,5-6H2,1-4H3,(H,22,24)(H,23,25).